The Labute approximate surface area is 120 Å². The van der Waals surface area contributed by atoms with E-state index in [2.05, 4.69) is 26.5 Å². The van der Waals surface area contributed by atoms with E-state index in [1.165, 1.54) is 0 Å². The summed E-state index contributed by atoms with van der Waals surface area (Å²) in [4.78, 5) is 18.9. The lowest BCUT2D eigenvalue weighted by molar-refractivity contribution is 0.0910. The quantitative estimate of drug-likeness (QED) is 0.647. The van der Waals surface area contributed by atoms with Gasteiger partial charge in [0.15, 0.2) is 5.82 Å². The van der Waals surface area contributed by atoms with Crippen molar-refractivity contribution in [2.45, 2.75) is 13.0 Å². The highest BCUT2D eigenvalue weighted by Crippen LogP contribution is 2.17. The van der Waals surface area contributed by atoms with E-state index in [4.69, 9.17) is 10.3 Å². The van der Waals surface area contributed by atoms with Crippen molar-refractivity contribution in [1.82, 2.24) is 20.4 Å². The zero-order valence-electron chi connectivity index (χ0n) is 11.3. The van der Waals surface area contributed by atoms with Crippen molar-refractivity contribution in [3.63, 3.8) is 0 Å². The summed E-state index contributed by atoms with van der Waals surface area (Å²) < 4.78 is 4.82. The lowest BCUT2D eigenvalue weighted by Gasteiger charge is -2.01. The monoisotopic (exact) mass is 285 g/mol. The first-order valence-electron chi connectivity index (χ1n) is 6.64. The minimum atomic E-state index is -0.387. The first-order chi connectivity index (χ1) is 10.3. The second-order valence-corrected chi connectivity index (χ2v) is 4.59. The number of hydrogen-bond donors (Lipinski definition) is 3. The third-order valence-electron chi connectivity index (χ3n) is 3.20. The predicted octanol–water partition coefficient (Wildman–Crippen LogP) is 0.982. The lowest BCUT2D eigenvalue weighted by Crippen LogP contribution is -2.26. The molecule has 0 aliphatic rings. The number of benzene rings is 1. The number of amides is 1. The van der Waals surface area contributed by atoms with E-state index in [1.54, 1.807) is 0 Å². The van der Waals surface area contributed by atoms with E-state index in [9.17, 15) is 4.79 Å². The molecule has 3 rings (SSSR count). The van der Waals surface area contributed by atoms with Gasteiger partial charge in [-0.2, -0.15) is 4.98 Å². The van der Waals surface area contributed by atoms with Crippen molar-refractivity contribution in [3.8, 4) is 0 Å². The zero-order valence-corrected chi connectivity index (χ0v) is 11.3. The number of nitrogens with one attached hydrogen (secondary N) is 2. The molecule has 4 N–H and O–H groups in total. The third-order valence-corrected chi connectivity index (χ3v) is 3.20. The van der Waals surface area contributed by atoms with Gasteiger partial charge in [-0.1, -0.05) is 23.4 Å². The molecule has 0 bridgehead atoms. The van der Waals surface area contributed by atoms with Crippen LogP contribution in [0.2, 0.25) is 0 Å². The average Bonchev–Trinajstić information content (AvgIpc) is 3.14. The fourth-order valence-corrected chi connectivity index (χ4v) is 2.15. The van der Waals surface area contributed by atoms with Crippen LogP contribution in [0.4, 0.5) is 0 Å². The molecule has 108 valence electrons. The standard InChI is InChI=1S/C14H15N5O2/c15-7-12-18-14(21-19-12)13(20)16-6-5-9-8-17-11-4-2-1-3-10(9)11/h1-4,8,17H,5-7,15H2,(H,16,20). The van der Waals surface area contributed by atoms with Crippen LogP contribution in [-0.4, -0.2) is 27.6 Å². The van der Waals surface area contributed by atoms with E-state index < -0.39 is 0 Å². The summed E-state index contributed by atoms with van der Waals surface area (Å²) in [5.74, 6) is -0.131. The van der Waals surface area contributed by atoms with Gasteiger partial charge in [0.2, 0.25) is 0 Å². The third kappa shape index (κ3) is 2.77. The van der Waals surface area contributed by atoms with Crippen LogP contribution >= 0.6 is 0 Å². The fraction of sp³-hybridized carbons (Fsp3) is 0.214. The summed E-state index contributed by atoms with van der Waals surface area (Å²) >= 11 is 0. The molecule has 0 saturated heterocycles. The highest BCUT2D eigenvalue weighted by molar-refractivity contribution is 5.89. The molecule has 7 heteroatoms. The first kappa shape index (κ1) is 13.3. The summed E-state index contributed by atoms with van der Waals surface area (Å²) in [5.41, 5.74) is 7.60. The highest BCUT2D eigenvalue weighted by atomic mass is 16.5. The van der Waals surface area contributed by atoms with Crippen LogP contribution in [0, 0.1) is 0 Å². The number of nitrogens with zero attached hydrogens (tertiary/aromatic N) is 2. The van der Waals surface area contributed by atoms with E-state index in [0.29, 0.717) is 18.8 Å². The summed E-state index contributed by atoms with van der Waals surface area (Å²) in [7, 11) is 0. The normalized spacial score (nSPS) is 10.9. The molecule has 0 fully saturated rings. The molecule has 0 saturated carbocycles. The van der Waals surface area contributed by atoms with Gasteiger partial charge in [0, 0.05) is 23.6 Å². The molecule has 0 atom stereocenters. The number of hydrogen-bond acceptors (Lipinski definition) is 5. The Morgan fingerprint density at radius 1 is 1.38 bits per heavy atom. The van der Waals surface area contributed by atoms with E-state index in [-0.39, 0.29) is 18.3 Å². The minimum absolute atomic E-state index is 0.0608. The molecular weight excluding hydrogens is 270 g/mol. The fourth-order valence-electron chi connectivity index (χ4n) is 2.15. The van der Waals surface area contributed by atoms with Crippen molar-refractivity contribution >= 4 is 16.8 Å². The van der Waals surface area contributed by atoms with Crippen LogP contribution in [0.25, 0.3) is 10.9 Å². The number of carbonyl (C=O) groups is 1. The molecule has 7 nitrogen and oxygen atoms in total. The van der Waals surface area contributed by atoms with Gasteiger partial charge >= 0.3 is 11.8 Å². The van der Waals surface area contributed by atoms with Crippen molar-refractivity contribution in [1.29, 1.82) is 0 Å². The van der Waals surface area contributed by atoms with Crippen LogP contribution in [0.3, 0.4) is 0 Å². The summed E-state index contributed by atoms with van der Waals surface area (Å²) in [6, 6.07) is 8.04. The maximum absolute atomic E-state index is 11.8. The summed E-state index contributed by atoms with van der Waals surface area (Å²) in [6.45, 7) is 0.632. The van der Waals surface area contributed by atoms with E-state index in [1.807, 2.05) is 24.4 Å². The molecule has 1 amide bonds. The lowest BCUT2D eigenvalue weighted by atomic mass is 10.1. The highest BCUT2D eigenvalue weighted by Gasteiger charge is 2.14. The van der Waals surface area contributed by atoms with Crippen molar-refractivity contribution in [2.75, 3.05) is 6.54 Å². The number of para-hydroxylation sites is 1. The molecule has 0 spiro atoms. The molecule has 0 aliphatic heterocycles. The summed E-state index contributed by atoms with van der Waals surface area (Å²) in [5, 5.41) is 7.49. The van der Waals surface area contributed by atoms with Crippen molar-refractivity contribution < 1.29 is 9.32 Å². The Bertz CT molecular complexity index is 761. The van der Waals surface area contributed by atoms with Crippen LogP contribution in [0.15, 0.2) is 35.0 Å². The maximum atomic E-state index is 11.8. The number of rotatable bonds is 5. The van der Waals surface area contributed by atoms with Crippen LogP contribution in [0.1, 0.15) is 22.1 Å². The second kappa shape index (κ2) is 5.76. The van der Waals surface area contributed by atoms with Gasteiger partial charge in [0.1, 0.15) is 0 Å². The van der Waals surface area contributed by atoms with Crippen molar-refractivity contribution in [2.24, 2.45) is 5.73 Å². The molecular formula is C14H15N5O2. The van der Waals surface area contributed by atoms with E-state index >= 15 is 0 Å². The Hall–Kier alpha value is -2.67. The molecule has 0 unspecified atom stereocenters. The van der Waals surface area contributed by atoms with Crippen molar-refractivity contribution in [3.05, 3.63) is 47.7 Å². The number of H-pyrrole nitrogens is 1. The Morgan fingerprint density at radius 2 is 2.24 bits per heavy atom. The molecule has 0 radical (unpaired) electrons. The summed E-state index contributed by atoms with van der Waals surface area (Å²) in [6.07, 6.45) is 2.67. The van der Waals surface area contributed by atoms with Gasteiger partial charge in [0.25, 0.3) is 0 Å². The number of carbonyl (C=O) groups excluding carboxylic acids is 1. The van der Waals surface area contributed by atoms with Crippen LogP contribution in [-0.2, 0) is 13.0 Å². The first-order valence-corrected chi connectivity index (χ1v) is 6.64. The molecule has 1 aromatic carbocycles. The number of aromatic amines is 1. The Morgan fingerprint density at radius 3 is 3.05 bits per heavy atom. The SMILES string of the molecule is NCc1noc(C(=O)NCCc2c[nH]c3ccccc23)n1. The van der Waals surface area contributed by atoms with Gasteiger partial charge in [-0.05, 0) is 18.1 Å². The molecule has 2 aromatic heterocycles. The topological polar surface area (TPSA) is 110 Å². The second-order valence-electron chi connectivity index (χ2n) is 4.59. The molecule has 3 aromatic rings. The maximum Gasteiger partial charge on any atom is 0.315 e. The predicted molar refractivity (Wildman–Crippen MR) is 76.5 cm³/mol. The number of aromatic nitrogens is 3. The molecule has 0 aliphatic carbocycles. The van der Waals surface area contributed by atoms with Gasteiger partial charge in [-0.25, -0.2) is 0 Å². The number of nitrogens with two attached hydrogens (primary N) is 1. The molecule has 21 heavy (non-hydrogen) atoms. The largest absolute Gasteiger partial charge is 0.361 e. The van der Waals surface area contributed by atoms with Gasteiger partial charge < -0.3 is 20.6 Å². The smallest absolute Gasteiger partial charge is 0.315 e. The number of fused-ring (bicyclic) bond motifs is 1. The van der Waals surface area contributed by atoms with Gasteiger partial charge in [-0.3, -0.25) is 4.79 Å². The van der Waals surface area contributed by atoms with Crippen LogP contribution in [0.5, 0.6) is 0 Å². The van der Waals surface area contributed by atoms with Crippen LogP contribution < -0.4 is 11.1 Å². The van der Waals surface area contributed by atoms with Gasteiger partial charge in [0.05, 0.1) is 6.54 Å². The Kier molecular flexibility index (Phi) is 3.65. The minimum Gasteiger partial charge on any atom is -0.361 e. The average molecular weight is 285 g/mol. The molecule has 2 heterocycles. The van der Waals surface area contributed by atoms with Gasteiger partial charge in [-0.15, -0.1) is 0 Å². The van der Waals surface area contributed by atoms with E-state index in [0.717, 1.165) is 16.5 Å². The zero-order chi connectivity index (χ0) is 14.7. The Balaban J connectivity index is 1.59.